The topological polar surface area (TPSA) is 46.3 Å². The lowest BCUT2D eigenvalue weighted by molar-refractivity contribution is 0.0734. The van der Waals surface area contributed by atoms with Crippen LogP contribution in [0.1, 0.15) is 21.6 Å². The van der Waals surface area contributed by atoms with E-state index in [4.69, 9.17) is 4.52 Å². The molecule has 0 unspecified atom stereocenters. The second kappa shape index (κ2) is 6.12. The minimum atomic E-state index is -0.444. The van der Waals surface area contributed by atoms with Crippen molar-refractivity contribution in [1.29, 1.82) is 0 Å². The average molecular weight is 340 g/mol. The second-order valence-electron chi connectivity index (χ2n) is 5.93. The summed E-state index contributed by atoms with van der Waals surface area (Å²) in [6.45, 7) is 0.804. The molecule has 3 aromatic rings. The van der Waals surface area contributed by atoms with Crippen LogP contribution in [0.3, 0.4) is 0 Å². The molecule has 6 heteroatoms. The Labute approximate surface area is 142 Å². The lowest BCUT2D eigenvalue weighted by Gasteiger charge is -2.26. The van der Waals surface area contributed by atoms with Crippen molar-refractivity contribution in [1.82, 2.24) is 10.1 Å². The number of rotatable bonds is 2. The number of benzene rings is 2. The van der Waals surface area contributed by atoms with Crippen molar-refractivity contribution in [2.75, 3.05) is 6.54 Å². The van der Waals surface area contributed by atoms with Crippen molar-refractivity contribution in [3.63, 3.8) is 0 Å². The van der Waals surface area contributed by atoms with Gasteiger partial charge in [-0.1, -0.05) is 11.2 Å². The fourth-order valence-electron chi connectivity index (χ4n) is 3.02. The highest BCUT2D eigenvalue weighted by Gasteiger charge is 2.28. The number of hydrogen-bond donors (Lipinski definition) is 0. The lowest BCUT2D eigenvalue weighted by Crippen LogP contribution is -2.36. The second-order valence-corrected chi connectivity index (χ2v) is 5.93. The van der Waals surface area contributed by atoms with Crippen LogP contribution >= 0.6 is 0 Å². The van der Waals surface area contributed by atoms with Crippen LogP contribution in [-0.2, 0) is 13.0 Å². The molecular weight excluding hydrogens is 326 g/mol. The molecule has 4 nitrogen and oxygen atoms in total. The van der Waals surface area contributed by atoms with Gasteiger partial charge in [-0.2, -0.15) is 0 Å². The Balaban J connectivity index is 1.63. The van der Waals surface area contributed by atoms with Crippen molar-refractivity contribution < 1.29 is 18.1 Å². The van der Waals surface area contributed by atoms with Crippen LogP contribution in [0.25, 0.3) is 11.3 Å². The fourth-order valence-corrected chi connectivity index (χ4v) is 3.02. The molecule has 0 fully saturated rings. The number of nitrogens with zero attached hydrogens (tertiary/aromatic N) is 2. The van der Waals surface area contributed by atoms with E-state index in [-0.39, 0.29) is 11.7 Å². The Bertz CT molecular complexity index is 935. The van der Waals surface area contributed by atoms with Gasteiger partial charge in [0, 0.05) is 29.7 Å². The molecule has 0 N–H and O–H groups in total. The van der Waals surface area contributed by atoms with Crippen LogP contribution in [0.2, 0.25) is 0 Å². The van der Waals surface area contributed by atoms with Crippen molar-refractivity contribution in [2.45, 2.75) is 13.0 Å². The minimum Gasteiger partial charge on any atom is -0.356 e. The number of amides is 1. The Hall–Kier alpha value is -3.02. The molecule has 0 saturated heterocycles. The highest BCUT2D eigenvalue weighted by Crippen LogP contribution is 2.31. The van der Waals surface area contributed by atoms with E-state index in [0.717, 1.165) is 11.3 Å². The maximum Gasteiger partial charge on any atom is 0.254 e. The normalized spacial score (nSPS) is 13.6. The van der Waals surface area contributed by atoms with Gasteiger partial charge in [0.05, 0.1) is 12.2 Å². The van der Waals surface area contributed by atoms with Crippen LogP contribution < -0.4 is 0 Å². The molecule has 126 valence electrons. The van der Waals surface area contributed by atoms with Crippen LogP contribution in [0.5, 0.6) is 0 Å². The van der Waals surface area contributed by atoms with Crippen molar-refractivity contribution in [3.05, 3.63) is 77.0 Å². The largest absolute Gasteiger partial charge is 0.356 e. The van der Waals surface area contributed by atoms with E-state index in [0.29, 0.717) is 36.4 Å². The summed E-state index contributed by atoms with van der Waals surface area (Å²) in [5, 5.41) is 4.07. The van der Waals surface area contributed by atoms with Crippen molar-refractivity contribution >= 4 is 5.91 Å². The molecule has 0 bridgehead atoms. The molecule has 25 heavy (non-hydrogen) atoms. The molecule has 1 aliphatic rings. The first-order valence-electron chi connectivity index (χ1n) is 7.90. The van der Waals surface area contributed by atoms with E-state index in [1.807, 2.05) is 0 Å². The summed E-state index contributed by atoms with van der Waals surface area (Å²) >= 11 is 0. The minimum absolute atomic E-state index is 0.239. The summed E-state index contributed by atoms with van der Waals surface area (Å²) in [6.07, 6.45) is 0.557. The average Bonchev–Trinajstić information content (AvgIpc) is 3.05. The van der Waals surface area contributed by atoms with Crippen molar-refractivity contribution in [2.24, 2.45) is 0 Å². The number of aromatic nitrogens is 1. The van der Waals surface area contributed by atoms with E-state index < -0.39 is 5.82 Å². The molecule has 2 heterocycles. The molecule has 4 rings (SSSR count). The maximum absolute atomic E-state index is 13.4. The lowest BCUT2D eigenvalue weighted by atomic mass is 10.0. The first-order chi connectivity index (χ1) is 12.1. The van der Waals surface area contributed by atoms with E-state index in [1.165, 1.54) is 30.3 Å². The first kappa shape index (κ1) is 15.5. The van der Waals surface area contributed by atoms with E-state index in [9.17, 15) is 13.6 Å². The molecule has 0 spiro atoms. The number of hydrogen-bond acceptors (Lipinski definition) is 3. The number of carbonyl (C=O) groups is 1. The van der Waals surface area contributed by atoms with Crippen molar-refractivity contribution in [3.8, 4) is 11.3 Å². The Morgan fingerprint density at radius 3 is 2.64 bits per heavy atom. The molecular formula is C19H14F2N2O2. The summed E-state index contributed by atoms with van der Waals surface area (Å²) in [4.78, 5) is 14.3. The quantitative estimate of drug-likeness (QED) is 0.712. The zero-order valence-corrected chi connectivity index (χ0v) is 13.2. The fraction of sp³-hybridized carbons (Fsp3) is 0.158. The van der Waals surface area contributed by atoms with Gasteiger partial charge >= 0.3 is 0 Å². The monoisotopic (exact) mass is 340 g/mol. The molecule has 1 aliphatic heterocycles. The van der Waals surface area contributed by atoms with Gasteiger partial charge in [-0.25, -0.2) is 8.78 Å². The maximum atomic E-state index is 13.4. The summed E-state index contributed by atoms with van der Waals surface area (Å²) in [7, 11) is 0. The molecule has 1 amide bonds. The SMILES string of the molecule is O=C(c1cccc(F)c1)N1CCc2noc(-c3ccc(F)cc3)c2C1. The van der Waals surface area contributed by atoms with Crippen LogP contribution in [0.15, 0.2) is 53.1 Å². The smallest absolute Gasteiger partial charge is 0.254 e. The Morgan fingerprint density at radius 1 is 1.08 bits per heavy atom. The summed E-state index contributed by atoms with van der Waals surface area (Å²) < 4.78 is 31.9. The third-order valence-corrected chi connectivity index (χ3v) is 4.30. The predicted octanol–water partition coefficient (Wildman–Crippen LogP) is 3.82. The number of carbonyl (C=O) groups excluding carboxylic acids is 1. The molecule has 0 radical (unpaired) electrons. The van der Waals surface area contributed by atoms with Gasteiger partial charge in [-0.15, -0.1) is 0 Å². The number of halogens is 2. The summed E-state index contributed by atoms with van der Waals surface area (Å²) in [6, 6.07) is 11.6. The van der Waals surface area contributed by atoms with Crippen LogP contribution in [0.4, 0.5) is 8.78 Å². The first-order valence-corrected chi connectivity index (χ1v) is 7.90. The highest BCUT2D eigenvalue weighted by molar-refractivity contribution is 5.94. The third kappa shape index (κ3) is 2.91. The van der Waals surface area contributed by atoms with Gasteiger partial charge in [-0.05, 0) is 42.5 Å². The standard InChI is InChI=1S/C19H14F2N2O2/c20-14-6-4-12(5-7-14)18-16-11-23(9-8-17(16)22-25-18)19(24)13-2-1-3-15(21)10-13/h1-7,10H,8-9,11H2. The Morgan fingerprint density at radius 2 is 1.88 bits per heavy atom. The zero-order chi connectivity index (χ0) is 17.4. The number of fused-ring (bicyclic) bond motifs is 1. The highest BCUT2D eigenvalue weighted by atomic mass is 19.1. The molecule has 0 saturated carbocycles. The van der Waals surface area contributed by atoms with Crippen LogP contribution in [-0.4, -0.2) is 22.5 Å². The summed E-state index contributed by atoms with van der Waals surface area (Å²) in [5.41, 5.74) is 2.61. The predicted molar refractivity (Wildman–Crippen MR) is 86.7 cm³/mol. The molecule has 0 atom stereocenters. The van der Waals surface area contributed by atoms with Gasteiger partial charge in [-0.3, -0.25) is 4.79 Å². The van der Waals surface area contributed by atoms with Gasteiger partial charge in [0.15, 0.2) is 5.76 Å². The van der Waals surface area contributed by atoms with Gasteiger partial charge < -0.3 is 9.42 Å². The van der Waals surface area contributed by atoms with E-state index in [1.54, 1.807) is 23.1 Å². The van der Waals surface area contributed by atoms with Gasteiger partial charge in [0.25, 0.3) is 5.91 Å². The molecule has 2 aromatic carbocycles. The van der Waals surface area contributed by atoms with Gasteiger partial charge in [0.2, 0.25) is 0 Å². The Kier molecular flexibility index (Phi) is 3.80. The third-order valence-electron chi connectivity index (χ3n) is 4.30. The van der Waals surface area contributed by atoms with E-state index >= 15 is 0 Å². The molecule has 1 aromatic heterocycles. The van der Waals surface area contributed by atoms with Gasteiger partial charge in [0.1, 0.15) is 11.6 Å². The molecule has 0 aliphatic carbocycles. The zero-order valence-electron chi connectivity index (χ0n) is 13.2. The van der Waals surface area contributed by atoms with Crippen LogP contribution in [0, 0.1) is 11.6 Å². The summed E-state index contributed by atoms with van der Waals surface area (Å²) in [5.74, 6) is -0.483. The van der Waals surface area contributed by atoms with E-state index in [2.05, 4.69) is 5.16 Å².